The van der Waals surface area contributed by atoms with Crippen molar-refractivity contribution in [2.24, 2.45) is 0 Å². The SMILES string of the molecule is COc1ccc(NC(=O)[C@@H](C)N2CCN(C(=O)c3ccco3)CC2)cc1. The normalized spacial score (nSPS) is 16.2. The van der Waals surface area contributed by atoms with Crippen LogP contribution in [0.15, 0.2) is 47.1 Å². The Morgan fingerprint density at radius 2 is 1.81 bits per heavy atom. The van der Waals surface area contributed by atoms with Gasteiger partial charge < -0.3 is 19.4 Å². The predicted octanol–water partition coefficient (Wildman–Crippen LogP) is 2.07. The van der Waals surface area contributed by atoms with Crippen LogP contribution in [0.5, 0.6) is 5.75 Å². The van der Waals surface area contributed by atoms with Gasteiger partial charge in [0, 0.05) is 31.9 Å². The first-order chi connectivity index (χ1) is 12.6. The van der Waals surface area contributed by atoms with E-state index in [1.807, 2.05) is 19.1 Å². The van der Waals surface area contributed by atoms with Crippen LogP contribution in [-0.4, -0.2) is 60.9 Å². The Morgan fingerprint density at radius 1 is 1.12 bits per heavy atom. The molecule has 2 amide bonds. The maximum Gasteiger partial charge on any atom is 0.289 e. The highest BCUT2D eigenvalue weighted by Gasteiger charge is 2.28. The van der Waals surface area contributed by atoms with E-state index in [1.165, 1.54) is 6.26 Å². The summed E-state index contributed by atoms with van der Waals surface area (Å²) in [5.41, 5.74) is 0.731. The average Bonchev–Trinajstić information content (AvgIpc) is 3.22. The molecule has 7 heteroatoms. The molecule has 1 aromatic carbocycles. The molecular formula is C19H23N3O4. The van der Waals surface area contributed by atoms with Crippen LogP contribution in [0.2, 0.25) is 0 Å². The number of carbonyl (C=O) groups excluding carboxylic acids is 2. The monoisotopic (exact) mass is 357 g/mol. The number of methoxy groups -OCH3 is 1. The summed E-state index contributed by atoms with van der Waals surface area (Å²) >= 11 is 0. The van der Waals surface area contributed by atoms with Gasteiger partial charge in [-0.1, -0.05) is 0 Å². The molecule has 0 radical (unpaired) electrons. The van der Waals surface area contributed by atoms with Gasteiger partial charge in [-0.25, -0.2) is 0 Å². The van der Waals surface area contributed by atoms with Gasteiger partial charge in [-0.15, -0.1) is 0 Å². The average molecular weight is 357 g/mol. The Kier molecular flexibility index (Phi) is 5.58. The lowest BCUT2D eigenvalue weighted by atomic mass is 10.2. The number of amides is 2. The number of hydrogen-bond acceptors (Lipinski definition) is 5. The number of piperazine rings is 1. The molecule has 0 aliphatic carbocycles. The van der Waals surface area contributed by atoms with Gasteiger partial charge in [0.2, 0.25) is 5.91 Å². The first-order valence-corrected chi connectivity index (χ1v) is 8.60. The van der Waals surface area contributed by atoms with Crippen molar-refractivity contribution >= 4 is 17.5 Å². The Labute approximate surface area is 152 Å². The van der Waals surface area contributed by atoms with Crippen molar-refractivity contribution in [1.82, 2.24) is 9.80 Å². The van der Waals surface area contributed by atoms with E-state index in [4.69, 9.17) is 9.15 Å². The molecule has 138 valence electrons. The second-order valence-electron chi connectivity index (χ2n) is 6.20. The van der Waals surface area contributed by atoms with Crippen LogP contribution in [0.1, 0.15) is 17.5 Å². The summed E-state index contributed by atoms with van der Waals surface area (Å²) in [6.07, 6.45) is 1.50. The molecule has 3 rings (SSSR count). The number of nitrogens with one attached hydrogen (secondary N) is 1. The molecule has 0 bridgehead atoms. The van der Waals surface area contributed by atoms with E-state index in [1.54, 1.807) is 36.3 Å². The van der Waals surface area contributed by atoms with Crippen LogP contribution in [0, 0.1) is 0 Å². The quantitative estimate of drug-likeness (QED) is 0.887. The zero-order valence-electron chi connectivity index (χ0n) is 15.0. The maximum absolute atomic E-state index is 12.5. The predicted molar refractivity (Wildman–Crippen MR) is 97.3 cm³/mol. The van der Waals surface area contributed by atoms with Crippen LogP contribution >= 0.6 is 0 Å². The van der Waals surface area contributed by atoms with Gasteiger partial charge in [0.25, 0.3) is 5.91 Å². The summed E-state index contributed by atoms with van der Waals surface area (Å²) < 4.78 is 10.3. The molecule has 26 heavy (non-hydrogen) atoms. The fourth-order valence-corrected chi connectivity index (χ4v) is 2.96. The highest BCUT2D eigenvalue weighted by Crippen LogP contribution is 2.16. The van der Waals surface area contributed by atoms with Crippen LogP contribution in [0.25, 0.3) is 0 Å². The highest BCUT2D eigenvalue weighted by molar-refractivity contribution is 5.94. The van der Waals surface area contributed by atoms with Gasteiger partial charge in [-0.05, 0) is 43.3 Å². The summed E-state index contributed by atoms with van der Waals surface area (Å²) in [4.78, 5) is 28.6. The molecule has 1 aliphatic rings. The van der Waals surface area contributed by atoms with Crippen LogP contribution < -0.4 is 10.1 Å². The number of furan rings is 1. The second-order valence-corrected chi connectivity index (χ2v) is 6.20. The molecule has 2 aromatic rings. The lowest BCUT2D eigenvalue weighted by molar-refractivity contribution is -0.121. The fraction of sp³-hybridized carbons (Fsp3) is 0.368. The second kappa shape index (κ2) is 8.05. The molecule has 1 fully saturated rings. The molecule has 1 atom stereocenters. The van der Waals surface area contributed by atoms with Gasteiger partial charge in [-0.2, -0.15) is 0 Å². The van der Waals surface area contributed by atoms with Crippen LogP contribution in [0.4, 0.5) is 5.69 Å². The molecular weight excluding hydrogens is 334 g/mol. The smallest absolute Gasteiger partial charge is 0.289 e. The zero-order chi connectivity index (χ0) is 18.5. The Bertz CT molecular complexity index is 735. The fourth-order valence-electron chi connectivity index (χ4n) is 2.96. The Hall–Kier alpha value is -2.80. The van der Waals surface area contributed by atoms with Crippen molar-refractivity contribution in [2.75, 3.05) is 38.6 Å². The minimum Gasteiger partial charge on any atom is -0.497 e. The number of carbonyl (C=O) groups is 2. The number of benzene rings is 1. The largest absolute Gasteiger partial charge is 0.497 e. The van der Waals surface area contributed by atoms with Crippen molar-refractivity contribution in [3.05, 3.63) is 48.4 Å². The number of rotatable bonds is 5. The Morgan fingerprint density at radius 3 is 2.38 bits per heavy atom. The lowest BCUT2D eigenvalue weighted by Gasteiger charge is -2.37. The molecule has 1 aromatic heterocycles. The highest BCUT2D eigenvalue weighted by atomic mass is 16.5. The van der Waals surface area contributed by atoms with Gasteiger partial charge in [0.05, 0.1) is 19.4 Å². The molecule has 7 nitrogen and oxygen atoms in total. The van der Waals surface area contributed by atoms with Gasteiger partial charge >= 0.3 is 0 Å². The molecule has 1 saturated heterocycles. The van der Waals surface area contributed by atoms with Crippen molar-refractivity contribution in [2.45, 2.75) is 13.0 Å². The zero-order valence-corrected chi connectivity index (χ0v) is 15.0. The number of ether oxygens (including phenoxy) is 1. The molecule has 1 N–H and O–H groups in total. The summed E-state index contributed by atoms with van der Waals surface area (Å²) in [7, 11) is 1.60. The summed E-state index contributed by atoms with van der Waals surface area (Å²) in [5.74, 6) is 0.920. The summed E-state index contributed by atoms with van der Waals surface area (Å²) in [5, 5.41) is 2.91. The van der Waals surface area contributed by atoms with E-state index in [0.29, 0.717) is 31.9 Å². The van der Waals surface area contributed by atoms with Crippen molar-refractivity contribution in [1.29, 1.82) is 0 Å². The lowest BCUT2D eigenvalue weighted by Crippen LogP contribution is -2.54. The van der Waals surface area contributed by atoms with E-state index in [9.17, 15) is 9.59 Å². The van der Waals surface area contributed by atoms with Crippen molar-refractivity contribution in [3.63, 3.8) is 0 Å². The molecule has 2 heterocycles. The van der Waals surface area contributed by atoms with Crippen molar-refractivity contribution < 1.29 is 18.7 Å². The third kappa shape index (κ3) is 4.05. The third-order valence-corrected chi connectivity index (χ3v) is 4.62. The van der Waals surface area contributed by atoms with Crippen LogP contribution in [-0.2, 0) is 4.79 Å². The van der Waals surface area contributed by atoms with Gasteiger partial charge in [0.15, 0.2) is 5.76 Å². The summed E-state index contributed by atoms with van der Waals surface area (Å²) in [6.45, 7) is 4.30. The maximum atomic E-state index is 12.5. The molecule has 1 aliphatic heterocycles. The third-order valence-electron chi connectivity index (χ3n) is 4.62. The van der Waals surface area contributed by atoms with Crippen molar-refractivity contribution in [3.8, 4) is 5.75 Å². The summed E-state index contributed by atoms with van der Waals surface area (Å²) in [6, 6.07) is 10.3. The standard InChI is InChI=1S/C19H23N3O4/c1-14(18(23)20-15-5-7-16(25-2)8-6-15)21-9-11-22(12-10-21)19(24)17-4-3-13-26-17/h3-8,13-14H,9-12H2,1-2H3,(H,20,23)/t14-/m1/s1. The molecule has 0 unspecified atom stereocenters. The van der Waals surface area contributed by atoms with E-state index in [-0.39, 0.29) is 17.9 Å². The number of nitrogens with zero attached hydrogens (tertiary/aromatic N) is 2. The van der Waals surface area contributed by atoms with Gasteiger partial charge in [-0.3, -0.25) is 14.5 Å². The number of hydrogen-bond donors (Lipinski definition) is 1. The first-order valence-electron chi connectivity index (χ1n) is 8.60. The van der Waals surface area contributed by atoms with E-state index < -0.39 is 0 Å². The minimum atomic E-state index is -0.280. The van der Waals surface area contributed by atoms with Gasteiger partial charge in [0.1, 0.15) is 5.75 Å². The van der Waals surface area contributed by atoms with Crippen LogP contribution in [0.3, 0.4) is 0 Å². The minimum absolute atomic E-state index is 0.0685. The molecule has 0 spiro atoms. The first kappa shape index (κ1) is 18.0. The Balaban J connectivity index is 1.51. The topological polar surface area (TPSA) is 75.0 Å². The van der Waals surface area contributed by atoms with E-state index in [2.05, 4.69) is 10.2 Å². The van der Waals surface area contributed by atoms with E-state index in [0.717, 1.165) is 11.4 Å². The van der Waals surface area contributed by atoms with E-state index >= 15 is 0 Å². The number of anilines is 1. The molecule has 0 saturated carbocycles.